The molecule has 0 bridgehead atoms. The van der Waals surface area contributed by atoms with Crippen LogP contribution in [0.5, 0.6) is 0 Å². The van der Waals surface area contributed by atoms with Crippen molar-refractivity contribution in [3.05, 3.63) is 42.0 Å². The number of hydrazone groups is 1. The third kappa shape index (κ3) is 1.72. The van der Waals surface area contributed by atoms with E-state index in [2.05, 4.69) is 26.8 Å². The summed E-state index contributed by atoms with van der Waals surface area (Å²) < 4.78 is 1.70. The average Bonchev–Trinajstić information content (AvgIpc) is 2.20. The van der Waals surface area contributed by atoms with Crippen molar-refractivity contribution >= 4 is 28.1 Å². The van der Waals surface area contributed by atoms with E-state index in [1.165, 1.54) is 0 Å². The van der Waals surface area contributed by atoms with Gasteiger partial charge in [0, 0.05) is 5.56 Å². The summed E-state index contributed by atoms with van der Waals surface area (Å²) in [5, 5.41) is 3.86. The Labute approximate surface area is 85.1 Å². The van der Waals surface area contributed by atoms with E-state index < -0.39 is 0 Å². The normalized spacial score (nSPS) is 15.2. The number of hydrazine groups is 1. The fraction of sp³-hybridized carbons (Fsp3) is 0. The largest absolute Gasteiger partial charge is 0.208 e. The Morgan fingerprint density at radius 2 is 2.00 bits per heavy atom. The summed E-state index contributed by atoms with van der Waals surface area (Å²) in [4.78, 5) is 0. The molecule has 0 saturated heterocycles. The molecule has 1 heterocycles. The summed E-state index contributed by atoms with van der Waals surface area (Å²) in [5.74, 6) is 0. The highest BCUT2D eigenvalue weighted by Crippen LogP contribution is 2.20. The van der Waals surface area contributed by atoms with E-state index in [0.717, 1.165) is 11.3 Å². The van der Waals surface area contributed by atoms with Gasteiger partial charge in [-0.3, -0.25) is 0 Å². The van der Waals surface area contributed by atoms with Crippen molar-refractivity contribution in [2.24, 2.45) is 5.10 Å². The van der Waals surface area contributed by atoms with Gasteiger partial charge in [0.2, 0.25) is 0 Å². The summed E-state index contributed by atoms with van der Waals surface area (Å²) >= 11 is 3.33. The third-order valence-electron chi connectivity index (χ3n) is 1.73. The van der Waals surface area contributed by atoms with Crippen LogP contribution < -0.4 is 5.53 Å². The van der Waals surface area contributed by atoms with Crippen LogP contribution in [0.15, 0.2) is 41.5 Å². The van der Waals surface area contributed by atoms with Gasteiger partial charge in [-0.05, 0) is 6.08 Å². The molecule has 0 amide bonds. The van der Waals surface area contributed by atoms with E-state index in [4.69, 9.17) is 0 Å². The molecular weight excluding hydrogens is 230 g/mol. The summed E-state index contributed by atoms with van der Waals surface area (Å²) in [7, 11) is 0. The van der Waals surface area contributed by atoms with Gasteiger partial charge in [-0.1, -0.05) is 30.3 Å². The summed E-state index contributed by atoms with van der Waals surface area (Å²) in [6, 6.07) is 10.1. The topological polar surface area (TPSA) is 27.6 Å². The van der Waals surface area contributed by atoms with Gasteiger partial charge in [0.1, 0.15) is 0 Å². The second kappa shape index (κ2) is 3.62. The van der Waals surface area contributed by atoms with Gasteiger partial charge in [0.15, 0.2) is 0 Å². The molecule has 4 heteroatoms. The molecule has 1 aliphatic rings. The first-order valence-corrected chi connectivity index (χ1v) is 4.59. The average molecular weight is 238 g/mol. The minimum absolute atomic E-state index is 1.04. The zero-order valence-electron chi connectivity index (χ0n) is 6.81. The van der Waals surface area contributed by atoms with Crippen molar-refractivity contribution in [1.29, 1.82) is 0 Å². The molecule has 0 aromatic heterocycles. The molecule has 0 unspecified atom stereocenters. The van der Waals surface area contributed by atoms with Crippen molar-refractivity contribution in [3.8, 4) is 0 Å². The zero-order valence-corrected chi connectivity index (χ0v) is 8.40. The second-order valence-corrected chi connectivity index (χ2v) is 3.29. The van der Waals surface area contributed by atoms with Gasteiger partial charge in [-0.25, -0.2) is 9.57 Å². The first-order chi connectivity index (χ1) is 6.38. The molecule has 13 heavy (non-hydrogen) atoms. The van der Waals surface area contributed by atoms with Crippen LogP contribution in [0.25, 0.3) is 5.70 Å². The number of hydrogen-bond acceptors (Lipinski definition) is 3. The van der Waals surface area contributed by atoms with Crippen molar-refractivity contribution < 1.29 is 0 Å². The number of rotatable bonds is 1. The summed E-state index contributed by atoms with van der Waals surface area (Å²) in [5.41, 5.74) is 4.96. The minimum Gasteiger partial charge on any atom is -0.208 e. The van der Waals surface area contributed by atoms with E-state index in [9.17, 15) is 0 Å². The Morgan fingerprint density at radius 1 is 1.23 bits per heavy atom. The lowest BCUT2D eigenvalue weighted by atomic mass is 10.1. The SMILES string of the molecule is BrN1NN=CC=C1c1ccccc1. The van der Waals surface area contributed by atoms with Gasteiger partial charge in [0.25, 0.3) is 0 Å². The fourth-order valence-corrected chi connectivity index (χ4v) is 1.54. The number of nitrogens with one attached hydrogen (secondary N) is 1. The van der Waals surface area contributed by atoms with Crippen molar-refractivity contribution in [1.82, 2.24) is 9.57 Å². The highest BCUT2D eigenvalue weighted by Gasteiger charge is 2.09. The molecule has 3 nitrogen and oxygen atoms in total. The molecule has 1 aliphatic heterocycles. The van der Waals surface area contributed by atoms with Crippen molar-refractivity contribution in [3.63, 3.8) is 0 Å². The Morgan fingerprint density at radius 3 is 2.69 bits per heavy atom. The molecular formula is C9H8BrN3. The molecule has 0 saturated carbocycles. The minimum atomic E-state index is 1.04. The smallest absolute Gasteiger partial charge is 0.0806 e. The Kier molecular flexibility index (Phi) is 2.31. The highest BCUT2D eigenvalue weighted by atomic mass is 79.9. The van der Waals surface area contributed by atoms with Gasteiger partial charge in [0.05, 0.1) is 28.1 Å². The number of hydrogen-bond donors (Lipinski definition) is 1. The highest BCUT2D eigenvalue weighted by molar-refractivity contribution is 9.07. The molecule has 0 fully saturated rings. The van der Waals surface area contributed by atoms with Gasteiger partial charge < -0.3 is 0 Å². The predicted octanol–water partition coefficient (Wildman–Crippen LogP) is 2.14. The van der Waals surface area contributed by atoms with Crippen LogP contribution in [-0.2, 0) is 0 Å². The lowest BCUT2D eigenvalue weighted by Gasteiger charge is -2.20. The lowest BCUT2D eigenvalue weighted by Crippen LogP contribution is -2.25. The molecule has 0 radical (unpaired) electrons. The van der Waals surface area contributed by atoms with Crippen LogP contribution in [0.4, 0.5) is 0 Å². The number of benzene rings is 1. The maximum atomic E-state index is 3.86. The monoisotopic (exact) mass is 237 g/mol. The fourth-order valence-electron chi connectivity index (χ4n) is 1.13. The Hall–Kier alpha value is -1.29. The second-order valence-electron chi connectivity index (χ2n) is 2.58. The van der Waals surface area contributed by atoms with Crippen molar-refractivity contribution in [2.45, 2.75) is 0 Å². The van der Waals surface area contributed by atoms with Gasteiger partial charge >= 0.3 is 0 Å². The quantitative estimate of drug-likeness (QED) is 0.759. The van der Waals surface area contributed by atoms with Gasteiger partial charge in [-0.15, -0.1) is 0 Å². The maximum Gasteiger partial charge on any atom is 0.0806 e. The Bertz CT molecular complexity index is 345. The third-order valence-corrected chi connectivity index (χ3v) is 2.27. The molecule has 0 spiro atoms. The van der Waals surface area contributed by atoms with Crippen LogP contribution in [0.1, 0.15) is 5.56 Å². The number of allylic oxidation sites excluding steroid dienone is 1. The first-order valence-electron chi connectivity index (χ1n) is 3.88. The molecule has 2 rings (SSSR count). The summed E-state index contributed by atoms with van der Waals surface area (Å²) in [6.45, 7) is 0. The predicted molar refractivity (Wildman–Crippen MR) is 56.8 cm³/mol. The van der Waals surface area contributed by atoms with Gasteiger partial charge in [-0.2, -0.15) is 5.10 Å². The van der Waals surface area contributed by atoms with Crippen LogP contribution in [-0.4, -0.2) is 10.2 Å². The van der Waals surface area contributed by atoms with Crippen LogP contribution in [0.3, 0.4) is 0 Å². The van der Waals surface area contributed by atoms with Crippen LogP contribution in [0, 0.1) is 0 Å². The lowest BCUT2D eigenvalue weighted by molar-refractivity contribution is 0.503. The number of halogens is 1. The van der Waals surface area contributed by atoms with Crippen LogP contribution >= 0.6 is 16.1 Å². The molecule has 1 N–H and O–H groups in total. The van der Waals surface area contributed by atoms with Crippen LogP contribution in [0.2, 0.25) is 0 Å². The van der Waals surface area contributed by atoms with E-state index in [1.54, 1.807) is 10.2 Å². The van der Waals surface area contributed by atoms with E-state index in [1.807, 2.05) is 36.4 Å². The Balaban J connectivity index is 2.35. The molecule has 1 aromatic rings. The number of nitrogens with zero attached hydrogens (tertiary/aromatic N) is 2. The van der Waals surface area contributed by atoms with E-state index in [0.29, 0.717) is 0 Å². The van der Waals surface area contributed by atoms with Crippen molar-refractivity contribution in [2.75, 3.05) is 0 Å². The zero-order chi connectivity index (χ0) is 9.10. The molecule has 1 aromatic carbocycles. The first kappa shape index (κ1) is 8.31. The maximum absolute atomic E-state index is 3.86. The summed E-state index contributed by atoms with van der Waals surface area (Å²) in [6.07, 6.45) is 3.65. The molecule has 0 aliphatic carbocycles. The van der Waals surface area contributed by atoms with E-state index in [-0.39, 0.29) is 0 Å². The molecule has 66 valence electrons. The standard InChI is InChI=1S/C9H8BrN3/c10-13-9(6-7-11-12-13)8-4-2-1-3-5-8/h1-7,12H. The van der Waals surface area contributed by atoms with E-state index >= 15 is 0 Å². The molecule has 0 atom stereocenters.